The van der Waals surface area contributed by atoms with E-state index in [4.69, 9.17) is 10.5 Å². The standard InChI is InChI=1S/C16H26N4O2/c1-16(2,3)20-14(17)9-13(19-20)10-7-12(8-10)22-15(21)18-11-5-4-6-11/h9-12H,4-8,17H2,1-3H3,(H,18,21). The SMILES string of the molecule is CC(C)(C)n1nc(C2CC(OC(=O)NC3CCC3)C2)cc1N. The predicted molar refractivity (Wildman–Crippen MR) is 84.7 cm³/mol. The third-order valence-electron chi connectivity index (χ3n) is 4.61. The fourth-order valence-corrected chi connectivity index (χ4v) is 2.96. The van der Waals surface area contributed by atoms with Gasteiger partial charge in [0, 0.05) is 18.0 Å². The van der Waals surface area contributed by atoms with Crippen LogP contribution in [-0.2, 0) is 10.3 Å². The molecule has 1 aromatic heterocycles. The lowest BCUT2D eigenvalue weighted by Crippen LogP contribution is -2.43. The number of ether oxygens (including phenoxy) is 1. The zero-order chi connectivity index (χ0) is 15.9. The van der Waals surface area contributed by atoms with E-state index in [1.165, 1.54) is 6.42 Å². The van der Waals surface area contributed by atoms with Crippen LogP contribution in [0.4, 0.5) is 10.6 Å². The minimum absolute atomic E-state index is 0.00564. The Balaban J connectivity index is 1.49. The first-order valence-corrected chi connectivity index (χ1v) is 8.16. The van der Waals surface area contributed by atoms with Gasteiger partial charge in [-0.3, -0.25) is 0 Å². The summed E-state index contributed by atoms with van der Waals surface area (Å²) in [5.41, 5.74) is 6.93. The number of hydrogen-bond donors (Lipinski definition) is 2. The van der Waals surface area contributed by atoms with Gasteiger partial charge in [-0.1, -0.05) is 0 Å². The summed E-state index contributed by atoms with van der Waals surface area (Å²) in [4.78, 5) is 11.7. The van der Waals surface area contributed by atoms with E-state index >= 15 is 0 Å². The number of rotatable bonds is 3. The van der Waals surface area contributed by atoms with E-state index in [-0.39, 0.29) is 17.7 Å². The van der Waals surface area contributed by atoms with Crippen LogP contribution in [0.2, 0.25) is 0 Å². The summed E-state index contributed by atoms with van der Waals surface area (Å²) in [6, 6.07) is 2.27. The van der Waals surface area contributed by atoms with E-state index in [0.29, 0.717) is 17.8 Å². The Bertz CT molecular complexity index is 551. The van der Waals surface area contributed by atoms with Crippen molar-refractivity contribution in [3.8, 4) is 0 Å². The number of hydrogen-bond acceptors (Lipinski definition) is 4. The Morgan fingerprint density at radius 3 is 2.59 bits per heavy atom. The van der Waals surface area contributed by atoms with Crippen LogP contribution in [0.3, 0.4) is 0 Å². The van der Waals surface area contributed by atoms with Crippen LogP contribution < -0.4 is 11.1 Å². The number of nitrogens with two attached hydrogens (primary N) is 1. The van der Waals surface area contributed by atoms with Crippen LogP contribution >= 0.6 is 0 Å². The normalized spacial score (nSPS) is 25.2. The molecule has 0 aliphatic heterocycles. The molecule has 0 aromatic carbocycles. The lowest BCUT2D eigenvalue weighted by atomic mass is 9.80. The Labute approximate surface area is 131 Å². The van der Waals surface area contributed by atoms with Gasteiger partial charge in [0.2, 0.25) is 0 Å². The van der Waals surface area contributed by atoms with E-state index in [1.807, 2.05) is 10.7 Å². The molecule has 1 amide bonds. The average molecular weight is 306 g/mol. The molecule has 3 rings (SSSR count). The molecule has 0 bridgehead atoms. The Morgan fingerprint density at radius 2 is 2.09 bits per heavy atom. The first-order chi connectivity index (χ1) is 10.3. The van der Waals surface area contributed by atoms with Crippen molar-refractivity contribution in [2.24, 2.45) is 0 Å². The highest BCUT2D eigenvalue weighted by atomic mass is 16.6. The molecule has 0 saturated heterocycles. The van der Waals surface area contributed by atoms with Gasteiger partial charge in [0.05, 0.1) is 11.2 Å². The minimum Gasteiger partial charge on any atom is -0.446 e. The zero-order valence-electron chi connectivity index (χ0n) is 13.6. The molecule has 0 atom stereocenters. The average Bonchev–Trinajstić information content (AvgIpc) is 2.69. The molecule has 122 valence electrons. The van der Waals surface area contributed by atoms with Gasteiger partial charge in [-0.05, 0) is 52.9 Å². The molecule has 1 heterocycles. The third-order valence-corrected chi connectivity index (χ3v) is 4.61. The maximum atomic E-state index is 11.7. The van der Waals surface area contributed by atoms with Gasteiger partial charge in [0.15, 0.2) is 0 Å². The molecule has 0 radical (unpaired) electrons. The summed E-state index contributed by atoms with van der Waals surface area (Å²) < 4.78 is 7.29. The number of anilines is 1. The predicted octanol–water partition coefficient (Wildman–Crippen LogP) is 2.75. The Hall–Kier alpha value is -1.72. The number of nitrogen functional groups attached to an aromatic ring is 1. The van der Waals surface area contributed by atoms with Crippen molar-refractivity contribution in [2.75, 3.05) is 5.73 Å². The lowest BCUT2D eigenvalue weighted by molar-refractivity contribution is 0.0347. The third kappa shape index (κ3) is 3.05. The van der Waals surface area contributed by atoms with Gasteiger partial charge in [-0.15, -0.1) is 0 Å². The van der Waals surface area contributed by atoms with Gasteiger partial charge < -0.3 is 15.8 Å². The zero-order valence-corrected chi connectivity index (χ0v) is 13.6. The van der Waals surface area contributed by atoms with Crippen molar-refractivity contribution in [2.45, 2.75) is 76.5 Å². The molecule has 2 aliphatic carbocycles. The minimum atomic E-state index is -0.270. The number of carbonyl (C=O) groups is 1. The second kappa shape index (κ2) is 5.48. The maximum Gasteiger partial charge on any atom is 0.407 e. The van der Waals surface area contributed by atoms with Crippen LogP contribution in [-0.4, -0.2) is 28.0 Å². The summed E-state index contributed by atoms with van der Waals surface area (Å²) in [7, 11) is 0. The highest BCUT2D eigenvalue weighted by molar-refractivity contribution is 5.68. The van der Waals surface area contributed by atoms with Crippen LogP contribution in [0.25, 0.3) is 0 Å². The van der Waals surface area contributed by atoms with Gasteiger partial charge in [-0.25, -0.2) is 9.48 Å². The van der Waals surface area contributed by atoms with Crippen molar-refractivity contribution < 1.29 is 9.53 Å². The quantitative estimate of drug-likeness (QED) is 0.899. The Morgan fingerprint density at radius 1 is 1.41 bits per heavy atom. The molecule has 1 aromatic rings. The molecule has 2 aliphatic rings. The highest BCUT2D eigenvalue weighted by Crippen LogP contribution is 2.39. The summed E-state index contributed by atoms with van der Waals surface area (Å²) in [6.07, 6.45) is 4.75. The first kappa shape index (κ1) is 15.2. The van der Waals surface area contributed by atoms with E-state index in [9.17, 15) is 4.79 Å². The molecule has 22 heavy (non-hydrogen) atoms. The van der Waals surface area contributed by atoms with Crippen molar-refractivity contribution in [3.05, 3.63) is 11.8 Å². The molecule has 6 heteroatoms. The fourth-order valence-electron chi connectivity index (χ4n) is 2.96. The van der Waals surface area contributed by atoms with Crippen molar-refractivity contribution >= 4 is 11.9 Å². The van der Waals surface area contributed by atoms with Gasteiger partial charge in [-0.2, -0.15) is 5.10 Å². The number of alkyl carbamates (subject to hydrolysis) is 1. The van der Waals surface area contributed by atoms with Crippen LogP contribution in [0.15, 0.2) is 6.07 Å². The second-order valence-corrected chi connectivity index (χ2v) is 7.54. The first-order valence-electron chi connectivity index (χ1n) is 8.16. The van der Waals surface area contributed by atoms with Gasteiger partial charge >= 0.3 is 6.09 Å². The van der Waals surface area contributed by atoms with Crippen molar-refractivity contribution in [3.63, 3.8) is 0 Å². The fraction of sp³-hybridized carbons (Fsp3) is 0.750. The summed E-state index contributed by atoms with van der Waals surface area (Å²) >= 11 is 0. The molecular formula is C16H26N4O2. The Kier molecular flexibility index (Phi) is 3.78. The molecule has 2 fully saturated rings. The topological polar surface area (TPSA) is 82.2 Å². The van der Waals surface area contributed by atoms with E-state index in [2.05, 4.69) is 31.2 Å². The van der Waals surface area contributed by atoms with Crippen LogP contribution in [0, 0.1) is 0 Å². The number of carbonyl (C=O) groups excluding carboxylic acids is 1. The van der Waals surface area contributed by atoms with E-state index < -0.39 is 0 Å². The highest BCUT2D eigenvalue weighted by Gasteiger charge is 2.36. The molecule has 0 spiro atoms. The number of aromatic nitrogens is 2. The number of nitrogens with one attached hydrogen (secondary N) is 1. The monoisotopic (exact) mass is 306 g/mol. The smallest absolute Gasteiger partial charge is 0.407 e. The summed E-state index contributed by atoms with van der Waals surface area (Å²) in [6.45, 7) is 6.24. The van der Waals surface area contributed by atoms with E-state index in [1.54, 1.807) is 0 Å². The van der Waals surface area contributed by atoms with Crippen LogP contribution in [0.1, 0.15) is 64.5 Å². The maximum absolute atomic E-state index is 11.7. The molecule has 2 saturated carbocycles. The molecule has 0 unspecified atom stereocenters. The molecular weight excluding hydrogens is 280 g/mol. The lowest BCUT2D eigenvalue weighted by Gasteiger charge is -2.34. The van der Waals surface area contributed by atoms with E-state index in [0.717, 1.165) is 31.4 Å². The van der Waals surface area contributed by atoms with Crippen LogP contribution in [0.5, 0.6) is 0 Å². The van der Waals surface area contributed by atoms with Gasteiger partial charge in [0.25, 0.3) is 0 Å². The summed E-state index contributed by atoms with van der Waals surface area (Å²) in [5, 5.41) is 7.53. The van der Waals surface area contributed by atoms with Crippen molar-refractivity contribution in [1.82, 2.24) is 15.1 Å². The van der Waals surface area contributed by atoms with Gasteiger partial charge in [0.1, 0.15) is 11.9 Å². The molecule has 6 nitrogen and oxygen atoms in total. The second-order valence-electron chi connectivity index (χ2n) is 7.54. The summed E-state index contributed by atoms with van der Waals surface area (Å²) in [5.74, 6) is 1.03. The van der Waals surface area contributed by atoms with Crippen molar-refractivity contribution in [1.29, 1.82) is 0 Å². The number of amides is 1. The number of nitrogens with zero attached hydrogens (tertiary/aromatic N) is 2. The largest absolute Gasteiger partial charge is 0.446 e. The molecule has 3 N–H and O–H groups in total.